The van der Waals surface area contributed by atoms with Crippen molar-refractivity contribution in [3.05, 3.63) is 23.8 Å². The SMILES string of the molecule is CC(=O)N1CCCc2cc(S(=O)(=O)N3CCC(OC4CCCC4)CC3)ccc21. The molecule has 1 saturated carbocycles. The molecule has 0 radical (unpaired) electrons. The van der Waals surface area contributed by atoms with Crippen molar-refractivity contribution in [3.63, 3.8) is 0 Å². The normalized spacial score (nSPS) is 22.4. The molecule has 0 N–H and O–H groups in total. The van der Waals surface area contributed by atoms with Gasteiger partial charge in [0.25, 0.3) is 0 Å². The number of amides is 1. The Labute approximate surface area is 167 Å². The topological polar surface area (TPSA) is 66.9 Å². The number of aryl methyl sites for hydroxylation is 1. The van der Waals surface area contributed by atoms with Gasteiger partial charge in [-0.3, -0.25) is 4.79 Å². The summed E-state index contributed by atoms with van der Waals surface area (Å²) in [6, 6.07) is 5.20. The number of anilines is 1. The molecule has 0 unspecified atom stereocenters. The molecule has 3 aliphatic rings. The quantitative estimate of drug-likeness (QED) is 0.771. The van der Waals surface area contributed by atoms with E-state index in [4.69, 9.17) is 4.74 Å². The number of benzene rings is 1. The summed E-state index contributed by atoms with van der Waals surface area (Å²) in [7, 11) is -3.51. The van der Waals surface area contributed by atoms with Crippen LogP contribution in [0.1, 0.15) is 57.4 Å². The smallest absolute Gasteiger partial charge is 0.243 e. The van der Waals surface area contributed by atoms with Gasteiger partial charge >= 0.3 is 0 Å². The predicted molar refractivity (Wildman–Crippen MR) is 108 cm³/mol. The van der Waals surface area contributed by atoms with E-state index in [1.54, 1.807) is 34.3 Å². The minimum Gasteiger partial charge on any atom is -0.375 e. The van der Waals surface area contributed by atoms with Crippen LogP contribution in [0.3, 0.4) is 0 Å². The molecule has 4 rings (SSSR count). The number of sulfonamides is 1. The number of carbonyl (C=O) groups excluding carboxylic acids is 1. The summed E-state index contributed by atoms with van der Waals surface area (Å²) in [5.74, 6) is 0.000826. The molecule has 2 aliphatic heterocycles. The number of hydrogen-bond donors (Lipinski definition) is 0. The van der Waals surface area contributed by atoms with E-state index in [2.05, 4.69) is 0 Å². The standard InChI is InChI=1S/C21H30N2O4S/c1-16(24)23-12-4-5-17-15-20(8-9-21(17)23)28(25,26)22-13-10-19(11-14-22)27-18-6-2-3-7-18/h8-9,15,18-19H,2-7,10-14H2,1H3. The van der Waals surface area contributed by atoms with E-state index >= 15 is 0 Å². The van der Waals surface area contributed by atoms with Crippen molar-refractivity contribution in [3.8, 4) is 0 Å². The van der Waals surface area contributed by atoms with Crippen molar-refractivity contribution in [1.29, 1.82) is 0 Å². The molecule has 154 valence electrons. The fraction of sp³-hybridized carbons (Fsp3) is 0.667. The van der Waals surface area contributed by atoms with E-state index in [0.29, 0.717) is 30.6 Å². The molecule has 1 amide bonds. The zero-order chi connectivity index (χ0) is 19.7. The Bertz CT molecular complexity index is 825. The van der Waals surface area contributed by atoms with E-state index in [1.807, 2.05) is 0 Å². The summed E-state index contributed by atoms with van der Waals surface area (Å²) in [5, 5.41) is 0. The number of hydrogen-bond acceptors (Lipinski definition) is 4. The van der Waals surface area contributed by atoms with Gasteiger partial charge < -0.3 is 9.64 Å². The number of fused-ring (bicyclic) bond motifs is 1. The van der Waals surface area contributed by atoms with Crippen LogP contribution in [-0.2, 0) is 26.0 Å². The lowest BCUT2D eigenvalue weighted by Crippen LogP contribution is -2.41. The highest BCUT2D eigenvalue weighted by Crippen LogP contribution is 2.32. The predicted octanol–water partition coefficient (Wildman–Crippen LogP) is 3.10. The van der Waals surface area contributed by atoms with E-state index < -0.39 is 10.0 Å². The minimum absolute atomic E-state index is 0.000826. The molecule has 1 aliphatic carbocycles. The number of carbonyl (C=O) groups is 1. The van der Waals surface area contributed by atoms with E-state index in [-0.39, 0.29) is 12.0 Å². The Morgan fingerprint density at radius 3 is 2.36 bits per heavy atom. The van der Waals surface area contributed by atoms with Gasteiger partial charge in [0.15, 0.2) is 0 Å². The highest BCUT2D eigenvalue weighted by Gasteiger charge is 2.32. The van der Waals surface area contributed by atoms with Crippen LogP contribution in [-0.4, -0.2) is 50.5 Å². The number of piperidine rings is 1. The third-order valence-electron chi connectivity index (χ3n) is 6.28. The average molecular weight is 407 g/mol. The van der Waals surface area contributed by atoms with Gasteiger partial charge in [-0.15, -0.1) is 0 Å². The molecule has 2 heterocycles. The molecule has 28 heavy (non-hydrogen) atoms. The van der Waals surface area contributed by atoms with Crippen molar-refractivity contribution >= 4 is 21.6 Å². The summed E-state index contributed by atoms with van der Waals surface area (Å²) in [6.45, 7) is 3.27. The van der Waals surface area contributed by atoms with Crippen LogP contribution in [0.2, 0.25) is 0 Å². The van der Waals surface area contributed by atoms with Crippen LogP contribution in [0.25, 0.3) is 0 Å². The lowest BCUT2D eigenvalue weighted by atomic mass is 10.0. The Hall–Kier alpha value is -1.44. The second-order valence-corrected chi connectivity index (χ2v) is 10.1. The number of rotatable bonds is 4. The third kappa shape index (κ3) is 3.98. The van der Waals surface area contributed by atoms with Crippen molar-refractivity contribution in [2.24, 2.45) is 0 Å². The molecule has 1 aromatic carbocycles. The maximum atomic E-state index is 13.1. The van der Waals surface area contributed by atoms with Gasteiger partial charge in [0.05, 0.1) is 17.1 Å². The Morgan fingerprint density at radius 1 is 1.00 bits per heavy atom. The van der Waals surface area contributed by atoms with Crippen LogP contribution in [0.5, 0.6) is 0 Å². The Balaban J connectivity index is 1.44. The van der Waals surface area contributed by atoms with Gasteiger partial charge in [-0.05, 0) is 62.3 Å². The molecule has 1 saturated heterocycles. The molecule has 0 spiro atoms. The summed E-state index contributed by atoms with van der Waals surface area (Å²) >= 11 is 0. The fourth-order valence-corrected chi connectivity index (χ4v) is 6.24. The molecule has 7 heteroatoms. The van der Waals surface area contributed by atoms with Crippen molar-refractivity contribution in [1.82, 2.24) is 4.31 Å². The summed E-state index contributed by atoms with van der Waals surface area (Å²) < 4.78 is 34.0. The van der Waals surface area contributed by atoms with Crippen LogP contribution in [0.15, 0.2) is 23.1 Å². The van der Waals surface area contributed by atoms with Crippen LogP contribution in [0, 0.1) is 0 Å². The van der Waals surface area contributed by atoms with Crippen molar-refractivity contribution < 1.29 is 17.9 Å². The molecule has 2 fully saturated rings. The lowest BCUT2D eigenvalue weighted by molar-refractivity contribution is -0.116. The molecular weight excluding hydrogens is 376 g/mol. The van der Waals surface area contributed by atoms with Gasteiger partial charge in [-0.25, -0.2) is 8.42 Å². The molecule has 0 aromatic heterocycles. The maximum absolute atomic E-state index is 13.1. The maximum Gasteiger partial charge on any atom is 0.243 e. The largest absolute Gasteiger partial charge is 0.375 e. The first kappa shape index (κ1) is 19.9. The Kier molecular flexibility index (Phi) is 5.76. The van der Waals surface area contributed by atoms with Crippen molar-refractivity contribution in [2.75, 3.05) is 24.5 Å². The highest BCUT2D eigenvalue weighted by molar-refractivity contribution is 7.89. The lowest BCUT2D eigenvalue weighted by Gasteiger charge is -2.33. The van der Waals surface area contributed by atoms with E-state index in [1.165, 1.54) is 12.8 Å². The van der Waals surface area contributed by atoms with Crippen LogP contribution < -0.4 is 4.90 Å². The summed E-state index contributed by atoms with van der Waals surface area (Å²) in [4.78, 5) is 13.9. The van der Waals surface area contributed by atoms with Crippen LogP contribution >= 0.6 is 0 Å². The van der Waals surface area contributed by atoms with Gasteiger partial charge in [0, 0.05) is 32.2 Å². The average Bonchev–Trinajstić information content (AvgIpc) is 3.20. The van der Waals surface area contributed by atoms with Gasteiger partial charge in [0.1, 0.15) is 0 Å². The van der Waals surface area contributed by atoms with Gasteiger partial charge in [-0.2, -0.15) is 4.31 Å². The van der Waals surface area contributed by atoms with Gasteiger partial charge in [-0.1, -0.05) is 12.8 Å². The highest BCUT2D eigenvalue weighted by atomic mass is 32.2. The fourth-order valence-electron chi connectivity index (χ4n) is 4.72. The van der Waals surface area contributed by atoms with E-state index in [9.17, 15) is 13.2 Å². The summed E-state index contributed by atoms with van der Waals surface area (Å²) in [6.07, 6.45) is 8.53. The van der Waals surface area contributed by atoms with Gasteiger partial charge in [0.2, 0.25) is 15.9 Å². The zero-order valence-corrected chi connectivity index (χ0v) is 17.4. The van der Waals surface area contributed by atoms with E-state index in [0.717, 1.165) is 49.8 Å². The van der Waals surface area contributed by atoms with Crippen LogP contribution in [0.4, 0.5) is 5.69 Å². The zero-order valence-electron chi connectivity index (χ0n) is 16.6. The first-order chi connectivity index (χ1) is 13.4. The number of ether oxygens (including phenoxy) is 1. The monoisotopic (exact) mass is 406 g/mol. The Morgan fingerprint density at radius 2 is 1.68 bits per heavy atom. The molecule has 6 nitrogen and oxygen atoms in total. The third-order valence-corrected chi connectivity index (χ3v) is 8.17. The molecule has 0 bridgehead atoms. The first-order valence-corrected chi connectivity index (χ1v) is 12.0. The second kappa shape index (κ2) is 8.13. The molecular formula is C21H30N2O4S. The second-order valence-electron chi connectivity index (χ2n) is 8.21. The number of nitrogens with zero attached hydrogens (tertiary/aromatic N) is 2. The summed E-state index contributed by atoms with van der Waals surface area (Å²) in [5.41, 5.74) is 1.79. The van der Waals surface area contributed by atoms with Crippen molar-refractivity contribution in [2.45, 2.75) is 75.4 Å². The molecule has 1 aromatic rings. The first-order valence-electron chi connectivity index (χ1n) is 10.5. The molecule has 0 atom stereocenters. The minimum atomic E-state index is -3.51.